The quantitative estimate of drug-likeness (QED) is 0.410. The van der Waals surface area contributed by atoms with Gasteiger partial charge in [-0.05, 0) is 37.3 Å². The molecule has 1 aromatic heterocycles. The van der Waals surface area contributed by atoms with Crippen LogP contribution < -0.4 is 10.2 Å². The van der Waals surface area contributed by atoms with Crippen molar-refractivity contribution < 1.29 is 19.4 Å². The van der Waals surface area contributed by atoms with Crippen LogP contribution in [0.2, 0.25) is 0 Å². The summed E-state index contributed by atoms with van der Waals surface area (Å²) in [6.07, 6.45) is 1.91. The molecule has 0 saturated carbocycles. The van der Waals surface area contributed by atoms with E-state index in [4.69, 9.17) is 9.47 Å². The Morgan fingerprint density at radius 3 is 2.73 bits per heavy atom. The Labute approximate surface area is 154 Å². The van der Waals surface area contributed by atoms with Crippen LogP contribution in [0.15, 0.2) is 59.4 Å². The third-order valence-corrected chi connectivity index (χ3v) is 4.85. The van der Waals surface area contributed by atoms with Crippen LogP contribution >= 0.6 is 11.3 Å². The Morgan fingerprint density at radius 2 is 1.92 bits per heavy atom. The highest BCUT2D eigenvalue weighted by Gasteiger charge is 2.10. The van der Waals surface area contributed by atoms with E-state index in [1.165, 1.54) is 17.4 Å². The molecule has 0 spiro atoms. The Bertz CT molecular complexity index is 1020. The third kappa shape index (κ3) is 4.09. The number of rotatable bonds is 6. The van der Waals surface area contributed by atoms with Gasteiger partial charge in [-0.3, -0.25) is 4.79 Å². The van der Waals surface area contributed by atoms with Gasteiger partial charge in [0.05, 0.1) is 0 Å². The van der Waals surface area contributed by atoms with Gasteiger partial charge in [0, 0.05) is 26.2 Å². The number of aliphatic hydroxyl groups excluding tert-OH is 1. The van der Waals surface area contributed by atoms with Gasteiger partial charge < -0.3 is 14.6 Å². The van der Waals surface area contributed by atoms with Crippen molar-refractivity contribution in [1.82, 2.24) is 0 Å². The lowest BCUT2D eigenvalue weighted by atomic mass is 10.2. The lowest BCUT2D eigenvalue weighted by Gasteiger charge is -2.12. The second-order valence-electron chi connectivity index (χ2n) is 5.68. The largest absolute Gasteiger partial charge is 0.491 e. The molecule has 134 valence electrons. The van der Waals surface area contributed by atoms with Crippen LogP contribution in [0.25, 0.3) is 20.2 Å². The van der Waals surface area contributed by atoms with Gasteiger partial charge in [0.1, 0.15) is 25.1 Å². The molecule has 0 aliphatic heterocycles. The van der Waals surface area contributed by atoms with Crippen molar-refractivity contribution in [2.75, 3.05) is 13.2 Å². The van der Waals surface area contributed by atoms with E-state index in [0.717, 1.165) is 9.40 Å². The molecule has 1 N–H and O–H groups in total. The van der Waals surface area contributed by atoms with Gasteiger partial charge in [-0.1, -0.05) is 18.2 Å². The van der Waals surface area contributed by atoms with Gasteiger partial charge in [0.25, 0.3) is 0 Å². The Morgan fingerprint density at radius 1 is 1.15 bits per heavy atom. The fourth-order valence-corrected chi connectivity index (χ4v) is 3.57. The molecule has 6 heteroatoms. The number of allylic oxidation sites excluding steroid dienone is 1. The molecule has 0 saturated heterocycles. The first-order chi connectivity index (χ1) is 12.6. The normalized spacial score (nSPS) is 12.5. The summed E-state index contributed by atoms with van der Waals surface area (Å²) in [6, 6.07) is 12.7. The summed E-state index contributed by atoms with van der Waals surface area (Å²) in [6.45, 7) is 1.55. The van der Waals surface area contributed by atoms with Crippen LogP contribution in [0, 0.1) is 0 Å². The van der Waals surface area contributed by atoms with E-state index in [9.17, 15) is 14.7 Å². The van der Waals surface area contributed by atoms with Crippen LogP contribution in [0.4, 0.5) is 0 Å². The third-order valence-electron chi connectivity index (χ3n) is 3.71. The van der Waals surface area contributed by atoms with E-state index in [1.807, 2.05) is 24.3 Å². The molecular formula is C20H18O5S. The number of aliphatic hydroxyl groups is 1. The number of esters is 1. The summed E-state index contributed by atoms with van der Waals surface area (Å²) in [5.41, 5.74) is -0.00294. The number of fused-ring (bicyclic) bond motifs is 2. The smallest absolute Gasteiger partial charge is 0.330 e. The monoisotopic (exact) mass is 370 g/mol. The molecule has 0 fully saturated rings. The lowest BCUT2D eigenvalue weighted by Crippen LogP contribution is -2.24. The molecule has 0 bridgehead atoms. The highest BCUT2D eigenvalue weighted by molar-refractivity contribution is 7.24. The van der Waals surface area contributed by atoms with Crippen LogP contribution in [-0.2, 0) is 9.53 Å². The van der Waals surface area contributed by atoms with Crippen LogP contribution in [-0.4, -0.2) is 30.4 Å². The van der Waals surface area contributed by atoms with Crippen molar-refractivity contribution in [2.24, 2.45) is 0 Å². The van der Waals surface area contributed by atoms with E-state index in [0.29, 0.717) is 16.5 Å². The fourth-order valence-electron chi connectivity index (χ4n) is 2.47. The SMILES string of the molecule is CC=CC(=O)OCC(O)COc1ccc2c(=O)c3ccccc3sc2c1. The number of hydrogen-bond acceptors (Lipinski definition) is 6. The lowest BCUT2D eigenvalue weighted by molar-refractivity contribution is -0.141. The Balaban J connectivity index is 1.72. The number of carbonyl (C=O) groups excluding carboxylic acids is 1. The predicted molar refractivity (Wildman–Crippen MR) is 103 cm³/mol. The van der Waals surface area contributed by atoms with E-state index in [2.05, 4.69) is 0 Å². The number of carbonyl (C=O) groups is 1. The predicted octanol–water partition coefficient (Wildman–Crippen LogP) is 3.27. The molecule has 1 atom stereocenters. The first kappa shape index (κ1) is 18.1. The summed E-state index contributed by atoms with van der Waals surface area (Å²) in [5.74, 6) is 0.0381. The zero-order chi connectivity index (χ0) is 18.5. The molecule has 3 aromatic rings. The molecule has 26 heavy (non-hydrogen) atoms. The summed E-state index contributed by atoms with van der Waals surface area (Å²) in [7, 11) is 0. The molecular weight excluding hydrogens is 352 g/mol. The van der Waals surface area contributed by atoms with Crippen molar-refractivity contribution in [2.45, 2.75) is 13.0 Å². The minimum atomic E-state index is -0.935. The maximum Gasteiger partial charge on any atom is 0.330 e. The van der Waals surface area contributed by atoms with Crippen LogP contribution in [0.3, 0.4) is 0 Å². The molecule has 0 radical (unpaired) electrons. The summed E-state index contributed by atoms with van der Waals surface area (Å²) >= 11 is 1.51. The molecule has 2 aromatic carbocycles. The van der Waals surface area contributed by atoms with E-state index >= 15 is 0 Å². The zero-order valence-electron chi connectivity index (χ0n) is 14.2. The van der Waals surface area contributed by atoms with Crippen molar-refractivity contribution in [1.29, 1.82) is 0 Å². The number of benzene rings is 2. The molecule has 0 aliphatic carbocycles. The topological polar surface area (TPSA) is 72.8 Å². The van der Waals surface area contributed by atoms with Gasteiger partial charge in [-0.2, -0.15) is 0 Å². The van der Waals surface area contributed by atoms with Crippen LogP contribution in [0.5, 0.6) is 5.75 Å². The molecule has 1 heterocycles. The molecule has 5 nitrogen and oxygen atoms in total. The Kier molecular flexibility index (Phi) is 5.65. The fraction of sp³-hybridized carbons (Fsp3) is 0.200. The van der Waals surface area contributed by atoms with Gasteiger partial charge in [-0.25, -0.2) is 4.79 Å². The zero-order valence-corrected chi connectivity index (χ0v) is 15.0. The van der Waals surface area contributed by atoms with Crippen molar-refractivity contribution in [3.05, 3.63) is 64.8 Å². The molecule has 0 amide bonds. The van der Waals surface area contributed by atoms with E-state index < -0.39 is 12.1 Å². The number of ether oxygens (including phenoxy) is 2. The highest BCUT2D eigenvalue weighted by atomic mass is 32.1. The average molecular weight is 370 g/mol. The standard InChI is InChI=1S/C20H18O5S/c1-2-5-19(22)25-12-13(21)11-24-14-8-9-16-18(10-14)26-17-7-4-3-6-15(17)20(16)23/h2-10,13,21H,11-12H2,1H3. The van der Waals surface area contributed by atoms with E-state index in [1.54, 1.807) is 31.2 Å². The average Bonchev–Trinajstić information content (AvgIpc) is 2.65. The van der Waals surface area contributed by atoms with E-state index in [-0.39, 0.29) is 18.6 Å². The van der Waals surface area contributed by atoms with Crippen LogP contribution in [0.1, 0.15) is 6.92 Å². The summed E-state index contributed by atoms with van der Waals surface area (Å²) in [4.78, 5) is 23.8. The number of hydrogen-bond donors (Lipinski definition) is 1. The minimum absolute atomic E-state index is 0.00294. The second kappa shape index (κ2) is 8.12. The summed E-state index contributed by atoms with van der Waals surface area (Å²) in [5, 5.41) is 11.2. The second-order valence-corrected chi connectivity index (χ2v) is 6.76. The van der Waals surface area contributed by atoms with Gasteiger partial charge in [-0.15, -0.1) is 11.3 Å². The molecule has 3 rings (SSSR count). The molecule has 0 aliphatic rings. The van der Waals surface area contributed by atoms with Gasteiger partial charge in [0.15, 0.2) is 5.43 Å². The van der Waals surface area contributed by atoms with Gasteiger partial charge in [0.2, 0.25) is 0 Å². The maximum absolute atomic E-state index is 12.5. The molecule has 1 unspecified atom stereocenters. The first-order valence-corrected chi connectivity index (χ1v) is 8.96. The first-order valence-electron chi connectivity index (χ1n) is 8.14. The van der Waals surface area contributed by atoms with Gasteiger partial charge >= 0.3 is 5.97 Å². The Hall–Kier alpha value is -2.70. The van der Waals surface area contributed by atoms with Crippen molar-refractivity contribution in [3.63, 3.8) is 0 Å². The van der Waals surface area contributed by atoms with Crippen molar-refractivity contribution >= 4 is 37.5 Å². The highest BCUT2D eigenvalue weighted by Crippen LogP contribution is 2.27. The summed E-state index contributed by atoms with van der Waals surface area (Å²) < 4.78 is 12.2. The van der Waals surface area contributed by atoms with Crippen molar-refractivity contribution in [3.8, 4) is 5.75 Å². The maximum atomic E-state index is 12.5. The minimum Gasteiger partial charge on any atom is -0.491 e.